The molecule has 0 fully saturated rings. The molecule has 8 nitrogen and oxygen atoms in total. The van der Waals surface area contributed by atoms with Crippen LogP contribution in [0.2, 0.25) is 0 Å². The zero-order valence-electron chi connectivity index (χ0n) is 11.0. The molecule has 1 rings (SSSR count). The van der Waals surface area contributed by atoms with Gasteiger partial charge in [0.15, 0.2) is 0 Å². The fourth-order valence-corrected chi connectivity index (χ4v) is 1.41. The molecule has 1 aromatic heterocycles. The molecule has 1 amide bonds. The number of carbonyl (C=O) groups excluding carboxylic acids is 2. The zero-order valence-corrected chi connectivity index (χ0v) is 11.0. The SMILES string of the molecule is CCOC(=O)CCCNC(=O)Cn1cc(CN)nn1. The van der Waals surface area contributed by atoms with Crippen LogP contribution in [0.1, 0.15) is 25.5 Å². The molecule has 0 aliphatic rings. The van der Waals surface area contributed by atoms with Gasteiger partial charge in [0.2, 0.25) is 5.91 Å². The Hall–Kier alpha value is -1.96. The first-order valence-corrected chi connectivity index (χ1v) is 6.17. The molecule has 0 spiro atoms. The van der Waals surface area contributed by atoms with E-state index in [0.717, 1.165) is 0 Å². The highest BCUT2D eigenvalue weighted by molar-refractivity contribution is 5.75. The number of nitrogens with two attached hydrogens (primary N) is 1. The van der Waals surface area contributed by atoms with Gasteiger partial charge in [-0.2, -0.15) is 0 Å². The van der Waals surface area contributed by atoms with Crippen LogP contribution in [0.5, 0.6) is 0 Å². The van der Waals surface area contributed by atoms with Gasteiger partial charge in [0.25, 0.3) is 0 Å². The average molecular weight is 269 g/mol. The minimum atomic E-state index is -0.249. The lowest BCUT2D eigenvalue weighted by atomic mass is 10.3. The number of amides is 1. The largest absolute Gasteiger partial charge is 0.466 e. The Bertz CT molecular complexity index is 418. The molecule has 106 valence electrons. The first-order chi connectivity index (χ1) is 9.15. The number of ether oxygens (including phenoxy) is 1. The predicted octanol–water partition coefficient (Wildman–Crippen LogP) is -0.804. The van der Waals surface area contributed by atoms with E-state index in [1.165, 1.54) is 4.68 Å². The second kappa shape index (κ2) is 8.20. The topological polar surface area (TPSA) is 112 Å². The Labute approximate surface area is 111 Å². The quantitative estimate of drug-likeness (QED) is 0.472. The number of esters is 1. The average Bonchev–Trinajstić information content (AvgIpc) is 2.82. The van der Waals surface area contributed by atoms with Gasteiger partial charge in [-0.1, -0.05) is 5.21 Å². The summed E-state index contributed by atoms with van der Waals surface area (Å²) in [5, 5.41) is 10.2. The van der Waals surface area contributed by atoms with Crippen molar-refractivity contribution in [3.63, 3.8) is 0 Å². The van der Waals surface area contributed by atoms with Gasteiger partial charge in [-0.3, -0.25) is 9.59 Å². The molecule has 0 radical (unpaired) electrons. The number of hydrogen-bond acceptors (Lipinski definition) is 6. The number of carbonyl (C=O) groups is 2. The fraction of sp³-hybridized carbons (Fsp3) is 0.636. The molecule has 0 saturated heterocycles. The maximum Gasteiger partial charge on any atom is 0.305 e. The highest BCUT2D eigenvalue weighted by Crippen LogP contribution is 1.93. The minimum Gasteiger partial charge on any atom is -0.466 e. The number of rotatable bonds is 8. The third kappa shape index (κ3) is 5.96. The van der Waals surface area contributed by atoms with Crippen molar-refractivity contribution in [2.24, 2.45) is 5.73 Å². The number of hydrogen-bond donors (Lipinski definition) is 2. The molecule has 0 bridgehead atoms. The highest BCUT2D eigenvalue weighted by atomic mass is 16.5. The molecule has 0 aliphatic heterocycles. The second-order valence-electron chi connectivity index (χ2n) is 3.87. The second-order valence-corrected chi connectivity index (χ2v) is 3.87. The van der Waals surface area contributed by atoms with E-state index in [1.54, 1.807) is 13.1 Å². The normalized spacial score (nSPS) is 10.2. The minimum absolute atomic E-state index is 0.0897. The van der Waals surface area contributed by atoms with Crippen molar-refractivity contribution in [2.75, 3.05) is 13.2 Å². The molecular formula is C11H19N5O3. The smallest absolute Gasteiger partial charge is 0.305 e. The molecule has 8 heteroatoms. The summed E-state index contributed by atoms with van der Waals surface area (Å²) in [6, 6.07) is 0. The molecule has 0 aromatic carbocycles. The van der Waals surface area contributed by atoms with Gasteiger partial charge in [-0.25, -0.2) is 4.68 Å². The van der Waals surface area contributed by atoms with E-state index < -0.39 is 0 Å². The predicted molar refractivity (Wildman–Crippen MR) is 66.8 cm³/mol. The summed E-state index contributed by atoms with van der Waals surface area (Å²) in [5.74, 6) is -0.432. The summed E-state index contributed by atoms with van der Waals surface area (Å²) in [5.41, 5.74) is 6.02. The van der Waals surface area contributed by atoms with Gasteiger partial charge in [0.1, 0.15) is 6.54 Å². The van der Waals surface area contributed by atoms with E-state index in [2.05, 4.69) is 15.6 Å². The van der Waals surface area contributed by atoms with Crippen LogP contribution in [0.15, 0.2) is 6.20 Å². The molecule has 0 aliphatic carbocycles. The van der Waals surface area contributed by atoms with E-state index in [1.807, 2.05) is 0 Å². The maximum absolute atomic E-state index is 11.5. The van der Waals surface area contributed by atoms with Gasteiger partial charge >= 0.3 is 5.97 Å². The molecule has 19 heavy (non-hydrogen) atoms. The number of nitrogens with one attached hydrogen (secondary N) is 1. The van der Waals surface area contributed by atoms with Crippen LogP contribution in [0, 0.1) is 0 Å². The molecular weight excluding hydrogens is 250 g/mol. The van der Waals surface area contributed by atoms with Crippen molar-refractivity contribution >= 4 is 11.9 Å². The monoisotopic (exact) mass is 269 g/mol. The third-order valence-electron chi connectivity index (χ3n) is 2.29. The molecule has 1 aromatic rings. The van der Waals surface area contributed by atoms with Crippen LogP contribution in [-0.2, 0) is 27.4 Å². The van der Waals surface area contributed by atoms with Crippen LogP contribution in [0.3, 0.4) is 0 Å². The Morgan fingerprint density at radius 3 is 2.95 bits per heavy atom. The Morgan fingerprint density at radius 2 is 2.32 bits per heavy atom. The molecule has 1 heterocycles. The Morgan fingerprint density at radius 1 is 1.53 bits per heavy atom. The standard InChI is InChI=1S/C11H19N5O3/c1-2-19-11(18)4-3-5-13-10(17)8-16-7-9(6-12)14-15-16/h7H,2-6,8,12H2,1H3,(H,13,17). The summed E-state index contributed by atoms with van der Waals surface area (Å²) in [7, 11) is 0. The van der Waals surface area contributed by atoms with Gasteiger partial charge in [0.05, 0.1) is 18.5 Å². The van der Waals surface area contributed by atoms with Crippen LogP contribution >= 0.6 is 0 Å². The fourth-order valence-electron chi connectivity index (χ4n) is 1.41. The van der Waals surface area contributed by atoms with E-state index >= 15 is 0 Å². The lowest BCUT2D eigenvalue weighted by Crippen LogP contribution is -2.29. The number of nitrogens with zero attached hydrogens (tertiary/aromatic N) is 3. The van der Waals surface area contributed by atoms with Gasteiger partial charge in [-0.15, -0.1) is 5.10 Å². The van der Waals surface area contributed by atoms with E-state index in [0.29, 0.717) is 38.2 Å². The number of aromatic nitrogens is 3. The van der Waals surface area contributed by atoms with Crippen molar-refractivity contribution < 1.29 is 14.3 Å². The summed E-state index contributed by atoms with van der Waals surface area (Å²) >= 11 is 0. The lowest BCUT2D eigenvalue weighted by Gasteiger charge is -2.04. The van der Waals surface area contributed by atoms with E-state index in [-0.39, 0.29) is 18.4 Å². The van der Waals surface area contributed by atoms with Crippen molar-refractivity contribution in [2.45, 2.75) is 32.9 Å². The first kappa shape index (κ1) is 15.1. The summed E-state index contributed by atoms with van der Waals surface area (Å²) in [6.45, 7) is 2.94. The van der Waals surface area contributed by atoms with Crippen molar-refractivity contribution in [3.05, 3.63) is 11.9 Å². The van der Waals surface area contributed by atoms with Gasteiger partial charge in [0, 0.05) is 19.5 Å². The molecule has 0 unspecified atom stereocenters. The van der Waals surface area contributed by atoms with E-state index in [4.69, 9.17) is 10.5 Å². The van der Waals surface area contributed by atoms with Gasteiger partial charge < -0.3 is 15.8 Å². The van der Waals surface area contributed by atoms with Crippen molar-refractivity contribution in [3.8, 4) is 0 Å². The van der Waals surface area contributed by atoms with Crippen LogP contribution in [0.25, 0.3) is 0 Å². The Balaban J connectivity index is 2.16. The highest BCUT2D eigenvalue weighted by Gasteiger charge is 2.06. The van der Waals surface area contributed by atoms with Crippen molar-refractivity contribution in [1.29, 1.82) is 0 Å². The van der Waals surface area contributed by atoms with E-state index in [9.17, 15) is 9.59 Å². The maximum atomic E-state index is 11.5. The first-order valence-electron chi connectivity index (χ1n) is 6.17. The van der Waals surface area contributed by atoms with Gasteiger partial charge in [-0.05, 0) is 13.3 Å². The lowest BCUT2D eigenvalue weighted by molar-refractivity contribution is -0.143. The van der Waals surface area contributed by atoms with Crippen LogP contribution < -0.4 is 11.1 Å². The summed E-state index contributed by atoms with van der Waals surface area (Å²) in [6.07, 6.45) is 2.48. The zero-order chi connectivity index (χ0) is 14.1. The molecule has 0 saturated carbocycles. The summed E-state index contributed by atoms with van der Waals surface area (Å²) in [4.78, 5) is 22.6. The molecule has 0 atom stereocenters. The summed E-state index contributed by atoms with van der Waals surface area (Å²) < 4.78 is 6.19. The van der Waals surface area contributed by atoms with Crippen LogP contribution in [-0.4, -0.2) is 40.0 Å². The van der Waals surface area contributed by atoms with Crippen LogP contribution in [0.4, 0.5) is 0 Å². The molecule has 3 N–H and O–H groups in total. The Kier molecular flexibility index (Phi) is 6.51. The third-order valence-corrected chi connectivity index (χ3v) is 2.29. The van der Waals surface area contributed by atoms with Crippen molar-refractivity contribution in [1.82, 2.24) is 20.3 Å².